The van der Waals surface area contributed by atoms with Crippen LogP contribution in [0.5, 0.6) is 0 Å². The molecule has 2 aromatic carbocycles. The monoisotopic (exact) mass is 425 g/mol. The van der Waals surface area contributed by atoms with Gasteiger partial charge < -0.3 is 5.32 Å². The van der Waals surface area contributed by atoms with Crippen LogP contribution in [0.15, 0.2) is 42.6 Å². The van der Waals surface area contributed by atoms with Crippen LogP contribution in [0.3, 0.4) is 0 Å². The summed E-state index contributed by atoms with van der Waals surface area (Å²) in [7, 11) is -3.29. The Morgan fingerprint density at radius 3 is 2.97 bits per heavy atom. The average Bonchev–Trinajstić information content (AvgIpc) is 3.37. The lowest BCUT2D eigenvalue weighted by molar-refractivity contribution is 0.200. The van der Waals surface area contributed by atoms with Gasteiger partial charge >= 0.3 is 0 Å². The molecule has 0 radical (unpaired) electrons. The molecule has 2 heterocycles. The van der Waals surface area contributed by atoms with Gasteiger partial charge in [0.2, 0.25) is 10.0 Å². The van der Waals surface area contributed by atoms with E-state index in [2.05, 4.69) is 49.4 Å². The fourth-order valence-electron chi connectivity index (χ4n) is 5.05. The maximum absolute atomic E-state index is 11.7. The zero-order valence-corrected chi connectivity index (χ0v) is 18.1. The zero-order chi connectivity index (χ0) is 20.9. The molecule has 5 rings (SSSR count). The Bertz CT molecular complexity index is 1210. The van der Waals surface area contributed by atoms with E-state index >= 15 is 0 Å². The topological polar surface area (TPSA) is 90.1 Å². The first-order valence-electron chi connectivity index (χ1n) is 10.3. The van der Waals surface area contributed by atoms with Crippen LogP contribution < -0.4 is 10.0 Å². The summed E-state index contributed by atoms with van der Waals surface area (Å²) in [5.41, 5.74) is 5.02. The highest BCUT2D eigenvalue weighted by molar-refractivity contribution is 7.92. The van der Waals surface area contributed by atoms with Crippen LogP contribution in [0, 0.1) is 6.92 Å². The van der Waals surface area contributed by atoms with Crippen molar-refractivity contribution in [3.05, 3.63) is 53.7 Å². The van der Waals surface area contributed by atoms with Crippen LogP contribution in [-0.4, -0.2) is 47.9 Å². The van der Waals surface area contributed by atoms with Gasteiger partial charge in [0.25, 0.3) is 0 Å². The summed E-state index contributed by atoms with van der Waals surface area (Å²) >= 11 is 0. The molecule has 2 aliphatic rings. The molecular weight excluding hydrogens is 398 g/mol. The minimum Gasteiger partial charge on any atom is -0.378 e. The number of hydrogen-bond donors (Lipinski definition) is 3. The molecule has 3 N–H and O–H groups in total. The summed E-state index contributed by atoms with van der Waals surface area (Å²) in [4.78, 5) is 2.53. The first-order chi connectivity index (χ1) is 14.3. The molecule has 0 amide bonds. The molecule has 2 bridgehead atoms. The summed E-state index contributed by atoms with van der Waals surface area (Å²) in [6.45, 7) is 3.74. The Labute approximate surface area is 176 Å². The third kappa shape index (κ3) is 3.77. The van der Waals surface area contributed by atoms with Gasteiger partial charge in [-0.2, -0.15) is 5.10 Å². The Morgan fingerprint density at radius 1 is 1.27 bits per heavy atom. The fraction of sp³-hybridized carbons (Fsp3) is 0.409. The summed E-state index contributed by atoms with van der Waals surface area (Å²) < 4.78 is 25.9. The molecule has 8 heteroatoms. The van der Waals surface area contributed by atoms with E-state index < -0.39 is 10.0 Å². The highest BCUT2D eigenvalue weighted by Crippen LogP contribution is 2.44. The van der Waals surface area contributed by atoms with Gasteiger partial charge in [-0.15, -0.1) is 0 Å². The van der Waals surface area contributed by atoms with E-state index in [4.69, 9.17) is 0 Å². The standard InChI is InChI=1S/C22H27N5O2S/c1-15-3-4-16(9-21(15)26-30(2,28)29)13-27-14-22(8-7-19(27)11-22)24-18-5-6-20-17(10-18)12-23-25-20/h3-6,9-10,12,19,24,26H,7-8,11,13-14H2,1-2H3,(H,23,25). The number of nitrogens with zero attached hydrogens (tertiary/aromatic N) is 2. The van der Waals surface area contributed by atoms with Gasteiger partial charge in [0, 0.05) is 30.2 Å². The number of aryl methyl sites for hydroxylation is 1. The van der Waals surface area contributed by atoms with E-state index in [-0.39, 0.29) is 5.54 Å². The van der Waals surface area contributed by atoms with Crippen molar-refractivity contribution in [2.45, 2.75) is 44.3 Å². The molecule has 158 valence electrons. The number of rotatable bonds is 6. The van der Waals surface area contributed by atoms with Gasteiger partial charge in [-0.3, -0.25) is 14.7 Å². The van der Waals surface area contributed by atoms with E-state index in [1.807, 2.05) is 25.3 Å². The van der Waals surface area contributed by atoms with Crippen molar-refractivity contribution in [1.29, 1.82) is 0 Å². The molecule has 1 aromatic heterocycles. The van der Waals surface area contributed by atoms with E-state index in [0.717, 1.165) is 47.2 Å². The Hall–Kier alpha value is -2.58. The highest BCUT2D eigenvalue weighted by atomic mass is 32.2. The first-order valence-corrected chi connectivity index (χ1v) is 12.2. The Balaban J connectivity index is 1.31. The molecule has 1 aliphatic carbocycles. The maximum atomic E-state index is 11.7. The van der Waals surface area contributed by atoms with Crippen molar-refractivity contribution in [3.63, 3.8) is 0 Å². The van der Waals surface area contributed by atoms with Crippen molar-refractivity contribution in [2.75, 3.05) is 22.8 Å². The normalized spacial score (nSPS) is 23.9. The molecule has 2 fully saturated rings. The van der Waals surface area contributed by atoms with Crippen molar-refractivity contribution < 1.29 is 8.42 Å². The molecule has 7 nitrogen and oxygen atoms in total. The van der Waals surface area contributed by atoms with E-state index in [1.54, 1.807) is 0 Å². The minimum absolute atomic E-state index is 0.0978. The molecule has 2 unspecified atom stereocenters. The van der Waals surface area contributed by atoms with Crippen LogP contribution in [0.1, 0.15) is 30.4 Å². The van der Waals surface area contributed by atoms with Crippen LogP contribution in [0.4, 0.5) is 11.4 Å². The second kappa shape index (κ2) is 6.99. The predicted octanol–water partition coefficient (Wildman–Crippen LogP) is 3.46. The van der Waals surface area contributed by atoms with Crippen LogP contribution in [0.2, 0.25) is 0 Å². The van der Waals surface area contributed by atoms with Gasteiger partial charge in [-0.1, -0.05) is 12.1 Å². The number of nitrogens with one attached hydrogen (secondary N) is 3. The number of likely N-dealkylation sites (tertiary alicyclic amines) is 1. The first kappa shape index (κ1) is 19.4. The number of hydrogen-bond acceptors (Lipinski definition) is 5. The number of fused-ring (bicyclic) bond motifs is 3. The number of aromatic amines is 1. The smallest absolute Gasteiger partial charge is 0.229 e. The van der Waals surface area contributed by atoms with Gasteiger partial charge in [-0.05, 0) is 61.6 Å². The zero-order valence-electron chi connectivity index (χ0n) is 17.3. The Morgan fingerprint density at radius 2 is 2.13 bits per heavy atom. The van der Waals surface area contributed by atoms with Gasteiger partial charge in [-0.25, -0.2) is 8.42 Å². The molecule has 0 spiro atoms. The van der Waals surface area contributed by atoms with Crippen LogP contribution in [-0.2, 0) is 16.6 Å². The van der Waals surface area contributed by atoms with Crippen LogP contribution >= 0.6 is 0 Å². The summed E-state index contributed by atoms with van der Waals surface area (Å²) in [5.74, 6) is 0. The quantitative estimate of drug-likeness (QED) is 0.563. The summed E-state index contributed by atoms with van der Waals surface area (Å²) in [5, 5.41) is 12.0. The Kier molecular flexibility index (Phi) is 4.52. The average molecular weight is 426 g/mol. The lowest BCUT2D eigenvalue weighted by atomic mass is 9.97. The third-order valence-corrected chi connectivity index (χ3v) is 7.03. The minimum atomic E-state index is -3.29. The molecule has 1 saturated carbocycles. The molecule has 3 aromatic rings. The summed E-state index contributed by atoms with van der Waals surface area (Å²) in [6, 6.07) is 13.0. The number of aromatic nitrogens is 2. The third-order valence-electron chi connectivity index (χ3n) is 6.44. The molecule has 1 saturated heterocycles. The molecule has 2 atom stereocenters. The highest BCUT2D eigenvalue weighted by Gasteiger charge is 2.49. The van der Waals surface area contributed by atoms with Gasteiger partial charge in [0.05, 0.1) is 29.2 Å². The molecule has 30 heavy (non-hydrogen) atoms. The van der Waals surface area contributed by atoms with Crippen molar-refractivity contribution in [1.82, 2.24) is 15.1 Å². The van der Waals surface area contributed by atoms with E-state index in [1.165, 1.54) is 19.1 Å². The lowest BCUT2D eigenvalue weighted by Gasteiger charge is -2.34. The number of piperidine rings is 1. The fourth-order valence-corrected chi connectivity index (χ4v) is 5.67. The van der Waals surface area contributed by atoms with E-state index in [9.17, 15) is 8.42 Å². The van der Waals surface area contributed by atoms with Crippen molar-refractivity contribution in [2.24, 2.45) is 0 Å². The summed E-state index contributed by atoms with van der Waals surface area (Å²) in [6.07, 6.45) is 6.54. The molecular formula is C22H27N5O2S. The maximum Gasteiger partial charge on any atom is 0.229 e. The number of benzene rings is 2. The van der Waals surface area contributed by atoms with Crippen LogP contribution in [0.25, 0.3) is 10.9 Å². The SMILES string of the molecule is Cc1ccc(CN2CC3(Nc4ccc5[nH]ncc5c4)CCC2C3)cc1NS(C)(=O)=O. The largest absolute Gasteiger partial charge is 0.378 e. The second-order valence-corrected chi connectivity index (χ2v) is 10.7. The predicted molar refractivity (Wildman–Crippen MR) is 120 cm³/mol. The molecule has 1 aliphatic heterocycles. The lowest BCUT2D eigenvalue weighted by Crippen LogP contribution is -2.43. The van der Waals surface area contributed by atoms with Crippen molar-refractivity contribution in [3.8, 4) is 0 Å². The van der Waals surface area contributed by atoms with Crippen molar-refractivity contribution >= 4 is 32.3 Å². The number of sulfonamides is 1. The van der Waals surface area contributed by atoms with E-state index in [0.29, 0.717) is 11.7 Å². The van der Waals surface area contributed by atoms with Gasteiger partial charge in [0.1, 0.15) is 0 Å². The van der Waals surface area contributed by atoms with Gasteiger partial charge in [0.15, 0.2) is 0 Å². The number of anilines is 2. The second-order valence-electron chi connectivity index (χ2n) is 8.90. The number of H-pyrrole nitrogens is 1.